The molecule has 1 aromatic carbocycles. The van der Waals surface area contributed by atoms with Gasteiger partial charge < -0.3 is 10.1 Å². The van der Waals surface area contributed by atoms with E-state index in [0.717, 1.165) is 37.0 Å². The van der Waals surface area contributed by atoms with Gasteiger partial charge in [0.25, 0.3) is 5.88 Å². The Morgan fingerprint density at radius 3 is 3.00 bits per heavy atom. The third-order valence-corrected chi connectivity index (χ3v) is 3.96. The second kappa shape index (κ2) is 5.13. The standard InChI is InChI=1S/C14H14ClN5O/c15-9-1-2-11-12(7-9)20-8-17-19-13(20)14(18-11)21-10-3-5-16-6-4-10/h1-2,7-8,10,16H,3-6H2. The summed E-state index contributed by atoms with van der Waals surface area (Å²) in [5.74, 6) is 0.536. The Balaban J connectivity index is 1.83. The molecule has 1 saturated heterocycles. The van der Waals surface area contributed by atoms with Gasteiger partial charge in [0.1, 0.15) is 12.4 Å². The van der Waals surface area contributed by atoms with Gasteiger partial charge in [-0.05, 0) is 44.1 Å². The first-order valence-corrected chi connectivity index (χ1v) is 7.35. The van der Waals surface area contributed by atoms with Crippen LogP contribution in [0.1, 0.15) is 12.8 Å². The topological polar surface area (TPSA) is 64.3 Å². The van der Waals surface area contributed by atoms with Crippen LogP contribution in [-0.2, 0) is 0 Å². The first-order chi connectivity index (χ1) is 10.3. The normalized spacial score (nSPS) is 16.6. The second-order valence-electron chi connectivity index (χ2n) is 5.14. The number of halogens is 1. The molecule has 0 bridgehead atoms. The van der Waals surface area contributed by atoms with Gasteiger partial charge in [-0.1, -0.05) is 11.6 Å². The first-order valence-electron chi connectivity index (χ1n) is 6.97. The van der Waals surface area contributed by atoms with E-state index in [1.54, 1.807) is 6.33 Å². The van der Waals surface area contributed by atoms with Crippen molar-refractivity contribution >= 4 is 28.3 Å². The fourth-order valence-electron chi connectivity index (χ4n) is 2.65. The summed E-state index contributed by atoms with van der Waals surface area (Å²) in [6.07, 6.45) is 3.77. The summed E-state index contributed by atoms with van der Waals surface area (Å²) in [4.78, 5) is 4.59. The fourth-order valence-corrected chi connectivity index (χ4v) is 2.82. The highest BCUT2D eigenvalue weighted by Gasteiger charge is 2.19. The molecule has 0 radical (unpaired) electrons. The lowest BCUT2D eigenvalue weighted by Gasteiger charge is -2.23. The van der Waals surface area contributed by atoms with E-state index < -0.39 is 0 Å². The van der Waals surface area contributed by atoms with Crippen LogP contribution in [0.3, 0.4) is 0 Å². The predicted molar refractivity (Wildman–Crippen MR) is 79.8 cm³/mol. The second-order valence-corrected chi connectivity index (χ2v) is 5.58. The summed E-state index contributed by atoms with van der Waals surface area (Å²) in [6, 6.07) is 5.56. The quantitative estimate of drug-likeness (QED) is 0.785. The minimum atomic E-state index is 0.170. The third-order valence-electron chi connectivity index (χ3n) is 3.72. The lowest BCUT2D eigenvalue weighted by Crippen LogP contribution is -2.34. The molecule has 6 nitrogen and oxygen atoms in total. The van der Waals surface area contributed by atoms with Crippen LogP contribution in [0, 0.1) is 0 Å². The van der Waals surface area contributed by atoms with Crippen LogP contribution >= 0.6 is 11.6 Å². The Hall–Kier alpha value is -1.92. The number of aromatic nitrogens is 4. The Kier molecular flexibility index (Phi) is 3.12. The van der Waals surface area contributed by atoms with E-state index in [1.165, 1.54) is 0 Å². The number of benzene rings is 1. The van der Waals surface area contributed by atoms with Crippen LogP contribution in [0.25, 0.3) is 16.7 Å². The number of rotatable bonds is 2. The molecule has 1 aliphatic heterocycles. The van der Waals surface area contributed by atoms with Gasteiger partial charge in [0.2, 0.25) is 5.65 Å². The van der Waals surface area contributed by atoms with Gasteiger partial charge in [-0.3, -0.25) is 4.40 Å². The van der Waals surface area contributed by atoms with Crippen LogP contribution in [-0.4, -0.2) is 38.8 Å². The molecule has 0 amide bonds. The van der Waals surface area contributed by atoms with Crippen LogP contribution in [0.5, 0.6) is 5.88 Å². The van der Waals surface area contributed by atoms with E-state index in [-0.39, 0.29) is 6.10 Å². The Bertz CT molecular complexity index is 797. The van der Waals surface area contributed by atoms with E-state index >= 15 is 0 Å². The molecule has 0 atom stereocenters. The van der Waals surface area contributed by atoms with Crippen LogP contribution in [0.15, 0.2) is 24.5 Å². The van der Waals surface area contributed by atoms with Crippen molar-refractivity contribution in [2.75, 3.05) is 13.1 Å². The molecule has 1 fully saturated rings. The monoisotopic (exact) mass is 303 g/mol. The fraction of sp³-hybridized carbons (Fsp3) is 0.357. The van der Waals surface area contributed by atoms with E-state index in [4.69, 9.17) is 16.3 Å². The molecule has 4 rings (SSSR count). The zero-order valence-corrected chi connectivity index (χ0v) is 12.0. The molecule has 1 N–H and O–H groups in total. The molecule has 7 heteroatoms. The highest BCUT2D eigenvalue weighted by Crippen LogP contribution is 2.25. The molecule has 0 aliphatic carbocycles. The molecular formula is C14H14ClN5O. The number of fused-ring (bicyclic) bond motifs is 3. The van der Waals surface area contributed by atoms with Gasteiger partial charge in [0, 0.05) is 5.02 Å². The maximum Gasteiger partial charge on any atom is 0.261 e. The Morgan fingerprint density at radius 2 is 2.14 bits per heavy atom. The van der Waals surface area contributed by atoms with Gasteiger partial charge >= 0.3 is 0 Å². The van der Waals surface area contributed by atoms with Gasteiger partial charge in [-0.15, -0.1) is 10.2 Å². The van der Waals surface area contributed by atoms with E-state index in [0.29, 0.717) is 16.5 Å². The largest absolute Gasteiger partial charge is 0.472 e. The van der Waals surface area contributed by atoms with E-state index in [2.05, 4.69) is 20.5 Å². The zero-order valence-electron chi connectivity index (χ0n) is 11.3. The van der Waals surface area contributed by atoms with Gasteiger partial charge in [-0.2, -0.15) is 0 Å². The Morgan fingerprint density at radius 1 is 1.29 bits per heavy atom. The molecule has 3 heterocycles. The van der Waals surface area contributed by atoms with Crippen molar-refractivity contribution in [2.45, 2.75) is 18.9 Å². The van der Waals surface area contributed by atoms with Gasteiger partial charge in [0.05, 0.1) is 11.0 Å². The maximum absolute atomic E-state index is 6.06. The van der Waals surface area contributed by atoms with Gasteiger partial charge in [-0.25, -0.2) is 4.98 Å². The van der Waals surface area contributed by atoms with Crippen molar-refractivity contribution in [3.63, 3.8) is 0 Å². The Labute approximate surface area is 126 Å². The van der Waals surface area contributed by atoms with Crippen molar-refractivity contribution in [3.8, 4) is 5.88 Å². The average Bonchev–Trinajstić information content (AvgIpc) is 2.99. The van der Waals surface area contributed by atoms with Gasteiger partial charge in [0.15, 0.2) is 0 Å². The number of piperidine rings is 1. The molecule has 2 aromatic heterocycles. The predicted octanol–water partition coefficient (Wildman–Crippen LogP) is 2.06. The van der Waals surface area contributed by atoms with E-state index in [1.807, 2.05) is 22.6 Å². The van der Waals surface area contributed by atoms with E-state index in [9.17, 15) is 0 Å². The lowest BCUT2D eigenvalue weighted by molar-refractivity contribution is 0.158. The van der Waals surface area contributed by atoms with Crippen molar-refractivity contribution in [1.82, 2.24) is 24.9 Å². The molecule has 108 valence electrons. The summed E-state index contributed by atoms with van der Waals surface area (Å²) in [6.45, 7) is 1.94. The number of nitrogens with one attached hydrogen (secondary N) is 1. The summed E-state index contributed by atoms with van der Waals surface area (Å²) in [5.41, 5.74) is 2.32. The minimum Gasteiger partial charge on any atom is -0.472 e. The third kappa shape index (κ3) is 2.30. The zero-order chi connectivity index (χ0) is 14.2. The van der Waals surface area contributed by atoms with Crippen LogP contribution < -0.4 is 10.1 Å². The first kappa shape index (κ1) is 12.8. The summed E-state index contributed by atoms with van der Waals surface area (Å²) in [7, 11) is 0. The summed E-state index contributed by atoms with van der Waals surface area (Å²) in [5, 5.41) is 12.1. The number of hydrogen-bond acceptors (Lipinski definition) is 5. The molecule has 0 saturated carbocycles. The highest BCUT2D eigenvalue weighted by molar-refractivity contribution is 6.31. The molecule has 0 unspecified atom stereocenters. The SMILES string of the molecule is Clc1ccc2nc(OC3CCNCC3)c3nncn3c2c1. The van der Waals surface area contributed by atoms with Crippen molar-refractivity contribution < 1.29 is 4.74 Å². The number of nitrogens with zero attached hydrogens (tertiary/aromatic N) is 4. The van der Waals surface area contributed by atoms with Crippen molar-refractivity contribution in [1.29, 1.82) is 0 Å². The lowest BCUT2D eigenvalue weighted by atomic mass is 10.1. The molecule has 1 aliphatic rings. The number of hydrogen-bond donors (Lipinski definition) is 1. The highest BCUT2D eigenvalue weighted by atomic mass is 35.5. The molecular weight excluding hydrogens is 290 g/mol. The molecule has 21 heavy (non-hydrogen) atoms. The maximum atomic E-state index is 6.06. The average molecular weight is 304 g/mol. The summed E-state index contributed by atoms with van der Waals surface area (Å²) < 4.78 is 7.92. The van der Waals surface area contributed by atoms with Crippen molar-refractivity contribution in [2.24, 2.45) is 0 Å². The molecule has 3 aromatic rings. The van der Waals surface area contributed by atoms with Crippen molar-refractivity contribution in [3.05, 3.63) is 29.5 Å². The van der Waals surface area contributed by atoms with Crippen LogP contribution in [0.4, 0.5) is 0 Å². The summed E-state index contributed by atoms with van der Waals surface area (Å²) >= 11 is 6.06. The number of ether oxygens (including phenoxy) is 1. The molecule has 0 spiro atoms. The smallest absolute Gasteiger partial charge is 0.261 e. The van der Waals surface area contributed by atoms with Crippen LogP contribution in [0.2, 0.25) is 5.02 Å². The minimum absolute atomic E-state index is 0.170.